The highest BCUT2D eigenvalue weighted by molar-refractivity contribution is 4.92. The third-order valence-electron chi connectivity index (χ3n) is 2.81. The van der Waals surface area contributed by atoms with E-state index in [0.717, 1.165) is 0 Å². The van der Waals surface area contributed by atoms with E-state index < -0.39 is 24.4 Å². The largest absolute Gasteiger partial charge is 0.388 e. The molecule has 5 atom stereocenters. The maximum atomic E-state index is 9.66. The zero-order valence-corrected chi connectivity index (χ0v) is 8.92. The number of hydrogen-bond donors (Lipinski definition) is 3. The van der Waals surface area contributed by atoms with Crippen LogP contribution in [0.1, 0.15) is 27.2 Å². The van der Waals surface area contributed by atoms with Gasteiger partial charge in [0.05, 0.1) is 12.2 Å². The Labute approximate surface area is 84.5 Å². The van der Waals surface area contributed by atoms with E-state index in [0.29, 0.717) is 6.42 Å². The number of aliphatic hydroxyl groups excluding tert-OH is 3. The second-order valence-electron chi connectivity index (χ2n) is 4.26. The van der Waals surface area contributed by atoms with E-state index in [-0.39, 0.29) is 12.0 Å². The van der Waals surface area contributed by atoms with Gasteiger partial charge in [-0.1, -0.05) is 20.8 Å². The van der Waals surface area contributed by atoms with Crippen LogP contribution in [0.25, 0.3) is 0 Å². The molecule has 1 rings (SSSR count). The lowest BCUT2D eigenvalue weighted by atomic mass is 9.89. The van der Waals surface area contributed by atoms with E-state index in [1.54, 1.807) is 0 Å². The summed E-state index contributed by atoms with van der Waals surface area (Å²) < 4.78 is 5.53. The summed E-state index contributed by atoms with van der Waals surface area (Å²) >= 11 is 0. The number of hydrogen-bond acceptors (Lipinski definition) is 4. The summed E-state index contributed by atoms with van der Waals surface area (Å²) in [5.74, 6) is 0.126. The monoisotopic (exact) mass is 204 g/mol. The molecule has 0 saturated carbocycles. The fourth-order valence-electron chi connectivity index (χ4n) is 1.87. The third-order valence-corrected chi connectivity index (χ3v) is 2.81. The van der Waals surface area contributed by atoms with Gasteiger partial charge in [-0.15, -0.1) is 0 Å². The third kappa shape index (κ3) is 2.08. The highest BCUT2D eigenvalue weighted by Crippen LogP contribution is 2.26. The van der Waals surface area contributed by atoms with Crippen molar-refractivity contribution in [2.45, 2.75) is 57.7 Å². The molecule has 14 heavy (non-hydrogen) atoms. The van der Waals surface area contributed by atoms with Gasteiger partial charge in [-0.05, 0) is 12.3 Å². The average molecular weight is 204 g/mol. The van der Waals surface area contributed by atoms with Gasteiger partial charge in [0, 0.05) is 0 Å². The van der Waals surface area contributed by atoms with Gasteiger partial charge in [0.2, 0.25) is 0 Å². The second-order valence-corrected chi connectivity index (χ2v) is 4.26. The molecule has 0 aromatic carbocycles. The summed E-state index contributed by atoms with van der Waals surface area (Å²) in [4.78, 5) is 0. The Morgan fingerprint density at radius 1 is 1.07 bits per heavy atom. The Morgan fingerprint density at radius 3 is 2.07 bits per heavy atom. The first kappa shape index (κ1) is 11.9. The molecule has 0 aromatic heterocycles. The molecular formula is C10H20O4. The fourth-order valence-corrected chi connectivity index (χ4v) is 1.87. The predicted octanol–water partition coefficient (Wildman–Crippen LogP) is -0.0975. The van der Waals surface area contributed by atoms with Gasteiger partial charge in [0.1, 0.15) is 18.3 Å². The summed E-state index contributed by atoms with van der Waals surface area (Å²) in [6, 6.07) is 0. The second kappa shape index (κ2) is 4.57. The zero-order valence-electron chi connectivity index (χ0n) is 8.92. The topological polar surface area (TPSA) is 69.9 Å². The first-order valence-electron chi connectivity index (χ1n) is 5.18. The van der Waals surface area contributed by atoms with Crippen molar-refractivity contribution in [3.8, 4) is 0 Å². The molecule has 0 aromatic rings. The molecule has 4 heteroatoms. The Balaban J connectivity index is 2.73. The Bertz CT molecular complexity index is 181. The van der Waals surface area contributed by atoms with Crippen LogP contribution in [0.3, 0.4) is 0 Å². The lowest BCUT2D eigenvalue weighted by molar-refractivity contribution is -0.232. The van der Waals surface area contributed by atoms with Crippen LogP contribution in [0.2, 0.25) is 0 Å². The first-order valence-corrected chi connectivity index (χ1v) is 5.18. The highest BCUT2D eigenvalue weighted by atomic mass is 16.5. The lowest BCUT2D eigenvalue weighted by Crippen LogP contribution is -2.58. The van der Waals surface area contributed by atoms with Gasteiger partial charge in [-0.2, -0.15) is 0 Å². The summed E-state index contributed by atoms with van der Waals surface area (Å²) in [6.07, 6.45) is -3.20. The molecule has 1 fully saturated rings. The number of ether oxygens (including phenoxy) is 1. The van der Waals surface area contributed by atoms with Crippen molar-refractivity contribution in [3.05, 3.63) is 0 Å². The molecular weight excluding hydrogens is 184 g/mol. The van der Waals surface area contributed by atoms with E-state index in [4.69, 9.17) is 4.74 Å². The minimum Gasteiger partial charge on any atom is -0.388 e. The maximum Gasteiger partial charge on any atom is 0.111 e. The van der Waals surface area contributed by atoms with Crippen LogP contribution in [-0.2, 0) is 4.74 Å². The average Bonchev–Trinajstić information content (AvgIpc) is 2.14. The van der Waals surface area contributed by atoms with Gasteiger partial charge in [0.25, 0.3) is 0 Å². The number of aliphatic hydroxyl groups is 3. The minimum absolute atomic E-state index is 0.126. The fraction of sp³-hybridized carbons (Fsp3) is 1.00. The summed E-state index contributed by atoms with van der Waals surface area (Å²) in [5.41, 5.74) is 0. The molecule has 1 aliphatic heterocycles. The Kier molecular flexibility index (Phi) is 3.89. The zero-order chi connectivity index (χ0) is 10.9. The SMILES string of the molecule is CCC1OC(C(C)C)C(O)C(O)C1O. The lowest BCUT2D eigenvalue weighted by Gasteiger charge is -2.42. The maximum absolute atomic E-state index is 9.66. The number of rotatable bonds is 2. The minimum atomic E-state index is -1.10. The Morgan fingerprint density at radius 2 is 1.64 bits per heavy atom. The van der Waals surface area contributed by atoms with Crippen LogP contribution in [0.15, 0.2) is 0 Å². The van der Waals surface area contributed by atoms with Crippen molar-refractivity contribution in [2.75, 3.05) is 0 Å². The van der Waals surface area contributed by atoms with Gasteiger partial charge in [0.15, 0.2) is 0 Å². The van der Waals surface area contributed by atoms with E-state index >= 15 is 0 Å². The van der Waals surface area contributed by atoms with E-state index in [9.17, 15) is 15.3 Å². The molecule has 0 bridgehead atoms. The van der Waals surface area contributed by atoms with Crippen molar-refractivity contribution < 1.29 is 20.1 Å². The van der Waals surface area contributed by atoms with Crippen LogP contribution in [-0.4, -0.2) is 45.8 Å². The van der Waals surface area contributed by atoms with Gasteiger partial charge < -0.3 is 20.1 Å². The van der Waals surface area contributed by atoms with Crippen molar-refractivity contribution >= 4 is 0 Å². The Hall–Kier alpha value is -0.160. The summed E-state index contributed by atoms with van der Waals surface area (Å²) in [7, 11) is 0. The standard InChI is InChI=1S/C10H20O4/c1-4-6-7(11)8(12)9(13)10(14-6)5(2)3/h5-13H,4H2,1-3H3. The molecule has 1 saturated heterocycles. The smallest absolute Gasteiger partial charge is 0.111 e. The van der Waals surface area contributed by atoms with E-state index in [1.807, 2.05) is 20.8 Å². The van der Waals surface area contributed by atoms with Crippen LogP contribution in [0.4, 0.5) is 0 Å². The van der Waals surface area contributed by atoms with E-state index in [1.165, 1.54) is 0 Å². The van der Waals surface area contributed by atoms with Crippen molar-refractivity contribution in [3.63, 3.8) is 0 Å². The summed E-state index contributed by atoms with van der Waals surface area (Å²) in [6.45, 7) is 5.73. The van der Waals surface area contributed by atoms with E-state index in [2.05, 4.69) is 0 Å². The van der Waals surface area contributed by atoms with Crippen LogP contribution >= 0.6 is 0 Å². The quantitative estimate of drug-likeness (QED) is 0.587. The van der Waals surface area contributed by atoms with Crippen molar-refractivity contribution in [1.29, 1.82) is 0 Å². The molecule has 1 heterocycles. The molecule has 0 amide bonds. The normalized spacial score (nSPS) is 44.4. The van der Waals surface area contributed by atoms with Gasteiger partial charge in [-0.3, -0.25) is 0 Å². The van der Waals surface area contributed by atoms with Crippen LogP contribution in [0, 0.1) is 5.92 Å². The molecule has 0 aliphatic carbocycles. The van der Waals surface area contributed by atoms with Crippen molar-refractivity contribution in [1.82, 2.24) is 0 Å². The highest BCUT2D eigenvalue weighted by Gasteiger charge is 2.43. The molecule has 84 valence electrons. The molecule has 3 N–H and O–H groups in total. The summed E-state index contributed by atoms with van der Waals surface area (Å²) in [5, 5.41) is 28.8. The van der Waals surface area contributed by atoms with Crippen LogP contribution in [0.5, 0.6) is 0 Å². The molecule has 1 aliphatic rings. The van der Waals surface area contributed by atoms with Gasteiger partial charge >= 0.3 is 0 Å². The molecule has 5 unspecified atom stereocenters. The van der Waals surface area contributed by atoms with Crippen molar-refractivity contribution in [2.24, 2.45) is 5.92 Å². The predicted molar refractivity (Wildman–Crippen MR) is 51.8 cm³/mol. The molecule has 0 spiro atoms. The molecule has 4 nitrogen and oxygen atoms in total. The van der Waals surface area contributed by atoms with Crippen LogP contribution < -0.4 is 0 Å². The molecule has 0 radical (unpaired) electrons. The van der Waals surface area contributed by atoms with Gasteiger partial charge in [-0.25, -0.2) is 0 Å². The first-order chi connectivity index (χ1) is 6.49.